The van der Waals surface area contributed by atoms with Crippen molar-refractivity contribution in [2.45, 2.75) is 123 Å². The van der Waals surface area contributed by atoms with Crippen molar-refractivity contribution in [2.75, 3.05) is 13.2 Å². The first-order valence-corrected chi connectivity index (χ1v) is 14.1. The van der Waals surface area contributed by atoms with Gasteiger partial charge in [-0.25, -0.2) is 0 Å². The molecule has 1 atom stereocenters. The van der Waals surface area contributed by atoms with E-state index in [1.807, 2.05) is 0 Å². The molecule has 0 bridgehead atoms. The quantitative estimate of drug-likeness (QED) is 0.0820. The van der Waals surface area contributed by atoms with Gasteiger partial charge in [0, 0.05) is 13.3 Å². The molecule has 0 saturated carbocycles. The lowest BCUT2D eigenvalue weighted by molar-refractivity contribution is -0.160. The fourth-order valence-corrected chi connectivity index (χ4v) is 3.62. The van der Waals surface area contributed by atoms with Crippen LogP contribution in [0.5, 0.6) is 0 Å². The Kier molecular flexibility index (Phi) is 25.8. The summed E-state index contributed by atoms with van der Waals surface area (Å²) in [5, 5.41) is 9.17. The number of unbranched alkanes of at least 4 members (excludes halogenated alkanes) is 10. The maximum absolute atomic E-state index is 11.8. The van der Waals surface area contributed by atoms with Crippen LogP contribution in [-0.4, -0.2) is 36.4 Å². The average Bonchev–Trinajstić information content (AvgIpc) is 2.86. The van der Waals surface area contributed by atoms with Gasteiger partial charge < -0.3 is 14.6 Å². The summed E-state index contributed by atoms with van der Waals surface area (Å²) in [6, 6.07) is 0. The zero-order chi connectivity index (χ0) is 26.5. The molecule has 0 aliphatic rings. The first kappa shape index (κ1) is 33.9. The Hall–Kier alpha value is -2.14. The molecule has 0 radical (unpaired) electrons. The van der Waals surface area contributed by atoms with E-state index in [9.17, 15) is 9.59 Å². The monoisotopic (exact) mass is 504 g/mol. The van der Waals surface area contributed by atoms with Crippen molar-refractivity contribution in [1.29, 1.82) is 0 Å². The summed E-state index contributed by atoms with van der Waals surface area (Å²) in [5.41, 5.74) is 0. The van der Waals surface area contributed by atoms with Crippen LogP contribution in [0.3, 0.4) is 0 Å². The van der Waals surface area contributed by atoms with E-state index >= 15 is 0 Å². The number of hydrogen-bond acceptors (Lipinski definition) is 5. The largest absolute Gasteiger partial charge is 0.462 e. The summed E-state index contributed by atoms with van der Waals surface area (Å²) in [4.78, 5) is 22.6. The van der Waals surface area contributed by atoms with Gasteiger partial charge in [-0.1, -0.05) is 107 Å². The number of allylic oxidation sites excluding steroid dienone is 8. The molecule has 0 saturated heterocycles. The third-order valence-corrected chi connectivity index (χ3v) is 5.69. The highest BCUT2D eigenvalue weighted by atomic mass is 16.6. The highest BCUT2D eigenvalue weighted by Gasteiger charge is 2.14. The van der Waals surface area contributed by atoms with Gasteiger partial charge in [-0.3, -0.25) is 9.59 Å². The molecule has 36 heavy (non-hydrogen) atoms. The van der Waals surface area contributed by atoms with Gasteiger partial charge in [-0.05, 0) is 44.9 Å². The summed E-state index contributed by atoms with van der Waals surface area (Å²) >= 11 is 0. The van der Waals surface area contributed by atoms with E-state index in [0.717, 1.165) is 44.9 Å². The number of aliphatic hydroxyl groups excluding tert-OH is 1. The van der Waals surface area contributed by atoms with Crippen LogP contribution in [-0.2, 0) is 19.1 Å². The minimum atomic E-state index is -0.768. The SMILES string of the molecule is CC/C=C\C/C=C\C/C=C\C/C=C\CCCCCCCCCCCCC(=O)OC(CO)COC(C)=O. The summed E-state index contributed by atoms with van der Waals surface area (Å²) in [6.07, 6.45) is 34.8. The molecule has 0 rings (SSSR count). The van der Waals surface area contributed by atoms with E-state index in [-0.39, 0.29) is 19.2 Å². The van der Waals surface area contributed by atoms with Crippen LogP contribution in [0.2, 0.25) is 0 Å². The molecule has 1 N–H and O–H groups in total. The van der Waals surface area contributed by atoms with Gasteiger partial charge in [0.2, 0.25) is 0 Å². The second-order valence-electron chi connectivity index (χ2n) is 9.17. The molecular formula is C31H52O5. The predicted octanol–water partition coefficient (Wildman–Crippen LogP) is 7.94. The van der Waals surface area contributed by atoms with Crippen LogP contribution >= 0.6 is 0 Å². The maximum atomic E-state index is 11.8. The number of ether oxygens (including phenoxy) is 2. The Morgan fingerprint density at radius 2 is 1.17 bits per heavy atom. The van der Waals surface area contributed by atoms with Crippen molar-refractivity contribution >= 4 is 11.9 Å². The molecule has 206 valence electrons. The van der Waals surface area contributed by atoms with Crippen LogP contribution in [0.25, 0.3) is 0 Å². The van der Waals surface area contributed by atoms with Gasteiger partial charge in [0.1, 0.15) is 6.61 Å². The number of rotatable bonds is 24. The Morgan fingerprint density at radius 1 is 0.694 bits per heavy atom. The smallest absolute Gasteiger partial charge is 0.306 e. The Morgan fingerprint density at radius 3 is 1.67 bits per heavy atom. The average molecular weight is 505 g/mol. The van der Waals surface area contributed by atoms with Crippen molar-refractivity contribution in [3.05, 3.63) is 48.6 Å². The molecule has 0 fully saturated rings. The van der Waals surface area contributed by atoms with E-state index in [1.54, 1.807) is 0 Å². The number of esters is 2. The van der Waals surface area contributed by atoms with E-state index < -0.39 is 12.1 Å². The number of carbonyl (C=O) groups is 2. The number of carbonyl (C=O) groups excluding carboxylic acids is 2. The van der Waals surface area contributed by atoms with Gasteiger partial charge in [-0.15, -0.1) is 0 Å². The molecular weight excluding hydrogens is 452 g/mol. The van der Waals surface area contributed by atoms with E-state index in [0.29, 0.717) is 6.42 Å². The van der Waals surface area contributed by atoms with E-state index in [2.05, 4.69) is 55.5 Å². The van der Waals surface area contributed by atoms with Gasteiger partial charge in [0.15, 0.2) is 6.10 Å². The summed E-state index contributed by atoms with van der Waals surface area (Å²) in [7, 11) is 0. The molecule has 1 unspecified atom stereocenters. The first-order chi connectivity index (χ1) is 17.6. The maximum Gasteiger partial charge on any atom is 0.306 e. The molecule has 0 aromatic carbocycles. The van der Waals surface area contributed by atoms with Gasteiger partial charge in [0.05, 0.1) is 6.61 Å². The normalized spacial score (nSPS) is 12.9. The lowest BCUT2D eigenvalue weighted by Crippen LogP contribution is -2.28. The van der Waals surface area contributed by atoms with Gasteiger partial charge in [0.25, 0.3) is 0 Å². The number of hydrogen-bond donors (Lipinski definition) is 1. The van der Waals surface area contributed by atoms with Gasteiger partial charge >= 0.3 is 11.9 Å². The van der Waals surface area contributed by atoms with Crippen molar-refractivity contribution in [2.24, 2.45) is 0 Å². The van der Waals surface area contributed by atoms with Crippen molar-refractivity contribution in [1.82, 2.24) is 0 Å². The molecule has 0 aromatic rings. The van der Waals surface area contributed by atoms with Crippen LogP contribution < -0.4 is 0 Å². The van der Waals surface area contributed by atoms with Crippen LogP contribution in [0.1, 0.15) is 117 Å². The second-order valence-corrected chi connectivity index (χ2v) is 9.17. The van der Waals surface area contributed by atoms with E-state index in [4.69, 9.17) is 14.6 Å². The summed E-state index contributed by atoms with van der Waals surface area (Å²) < 4.78 is 9.89. The third kappa shape index (κ3) is 26.5. The van der Waals surface area contributed by atoms with Crippen molar-refractivity contribution in [3.8, 4) is 0 Å². The molecule has 0 spiro atoms. The standard InChI is InChI=1S/C31H52O5/c1-3-4-5-6-7-8-9-10-11-12-13-14-15-16-17-18-19-20-21-22-23-24-25-26-31(34)36-30(27-32)28-35-29(2)33/h4-5,7-8,10-11,13-14,30,32H,3,6,9,12,15-28H2,1-2H3/b5-4-,8-7-,11-10-,14-13-. The van der Waals surface area contributed by atoms with Gasteiger partial charge in [-0.2, -0.15) is 0 Å². The zero-order valence-corrected chi connectivity index (χ0v) is 23.0. The predicted molar refractivity (Wildman–Crippen MR) is 150 cm³/mol. The molecule has 5 heteroatoms. The molecule has 0 heterocycles. The third-order valence-electron chi connectivity index (χ3n) is 5.69. The highest BCUT2D eigenvalue weighted by molar-refractivity contribution is 5.69. The Labute approximate surface area is 220 Å². The topological polar surface area (TPSA) is 72.8 Å². The summed E-state index contributed by atoms with van der Waals surface area (Å²) in [6.45, 7) is 3.00. The molecule has 0 aromatic heterocycles. The first-order valence-electron chi connectivity index (χ1n) is 14.1. The van der Waals surface area contributed by atoms with Crippen molar-refractivity contribution < 1.29 is 24.2 Å². The Bertz CT molecular complexity index is 633. The minimum absolute atomic E-state index is 0.0952. The molecule has 5 nitrogen and oxygen atoms in total. The zero-order valence-electron chi connectivity index (χ0n) is 23.0. The lowest BCUT2D eigenvalue weighted by Gasteiger charge is -2.15. The number of aliphatic hydroxyl groups is 1. The van der Waals surface area contributed by atoms with Crippen LogP contribution in [0.4, 0.5) is 0 Å². The molecule has 0 aliphatic carbocycles. The Balaban J connectivity index is 3.41. The van der Waals surface area contributed by atoms with Crippen LogP contribution in [0.15, 0.2) is 48.6 Å². The lowest BCUT2D eigenvalue weighted by atomic mass is 10.0. The molecule has 0 amide bonds. The fraction of sp³-hybridized carbons (Fsp3) is 0.677. The minimum Gasteiger partial charge on any atom is -0.462 e. The fourth-order valence-electron chi connectivity index (χ4n) is 3.62. The highest BCUT2D eigenvalue weighted by Crippen LogP contribution is 2.13. The van der Waals surface area contributed by atoms with E-state index in [1.165, 1.54) is 58.3 Å². The second kappa shape index (κ2) is 27.4. The van der Waals surface area contributed by atoms with Crippen molar-refractivity contribution in [3.63, 3.8) is 0 Å². The summed E-state index contributed by atoms with van der Waals surface area (Å²) in [5.74, 6) is -0.794. The molecule has 0 aliphatic heterocycles. The van der Waals surface area contributed by atoms with Crippen LogP contribution in [0, 0.1) is 0 Å².